The summed E-state index contributed by atoms with van der Waals surface area (Å²) in [4.78, 5) is 7.88. The van der Waals surface area contributed by atoms with Crippen molar-refractivity contribution >= 4 is 11.3 Å². The molecule has 1 aliphatic rings. The minimum Gasteiger partial charge on any atom is -0.338 e. The summed E-state index contributed by atoms with van der Waals surface area (Å²) in [5.74, 6) is 0.596. The van der Waals surface area contributed by atoms with Crippen LogP contribution in [0.5, 0.6) is 0 Å². The molecule has 1 atom stereocenters. The van der Waals surface area contributed by atoms with Crippen LogP contribution >= 0.6 is 11.3 Å². The van der Waals surface area contributed by atoms with Gasteiger partial charge < -0.3 is 4.52 Å². The van der Waals surface area contributed by atoms with Crippen molar-refractivity contribution in [3.8, 4) is 11.4 Å². The molecule has 26 heavy (non-hydrogen) atoms. The molecule has 0 radical (unpaired) electrons. The number of benzene rings is 1. The Bertz CT molecular complexity index is 876. The molecule has 0 aliphatic carbocycles. The minimum atomic E-state index is -4.40. The molecule has 0 N–H and O–H groups in total. The smallest absolute Gasteiger partial charge is 0.338 e. The summed E-state index contributed by atoms with van der Waals surface area (Å²) in [5, 5.41) is 5.92. The van der Waals surface area contributed by atoms with Gasteiger partial charge in [0.2, 0.25) is 11.7 Å². The van der Waals surface area contributed by atoms with Crippen LogP contribution in [0.3, 0.4) is 0 Å². The molecule has 3 heterocycles. The third-order valence-corrected chi connectivity index (χ3v) is 5.46. The Labute approximate surface area is 152 Å². The standard InChI is InChI=1S/C18H16F3N3OS/c19-18(20,21)13-5-1-4-12(10-13)17-22-16(25-23-17)11-24-8-2-6-14(24)15-7-3-9-26-15/h1,3-5,7,9-10,14H,2,6,8,11H2. The van der Waals surface area contributed by atoms with Crippen molar-refractivity contribution in [2.75, 3.05) is 6.54 Å². The number of hydrogen-bond donors (Lipinski definition) is 0. The Morgan fingerprint density at radius 3 is 2.88 bits per heavy atom. The molecular formula is C18H16F3N3OS. The Hall–Kier alpha value is -2.19. The summed E-state index contributed by atoms with van der Waals surface area (Å²) in [6.07, 6.45) is -2.22. The highest BCUT2D eigenvalue weighted by atomic mass is 32.1. The quantitative estimate of drug-likeness (QED) is 0.628. The molecule has 8 heteroatoms. The highest BCUT2D eigenvalue weighted by molar-refractivity contribution is 7.10. The number of aromatic nitrogens is 2. The van der Waals surface area contributed by atoms with Crippen LogP contribution in [0.25, 0.3) is 11.4 Å². The van der Waals surface area contributed by atoms with Crippen LogP contribution in [0.2, 0.25) is 0 Å². The zero-order valence-corrected chi connectivity index (χ0v) is 14.6. The zero-order chi connectivity index (χ0) is 18.1. The van der Waals surface area contributed by atoms with Crippen molar-refractivity contribution in [3.05, 3.63) is 58.1 Å². The Kier molecular flexibility index (Phi) is 4.54. The molecule has 1 unspecified atom stereocenters. The van der Waals surface area contributed by atoms with Gasteiger partial charge in [-0.1, -0.05) is 23.4 Å². The molecule has 0 saturated carbocycles. The van der Waals surface area contributed by atoms with E-state index in [1.807, 2.05) is 6.07 Å². The first-order chi connectivity index (χ1) is 12.5. The van der Waals surface area contributed by atoms with Crippen molar-refractivity contribution in [3.63, 3.8) is 0 Å². The molecular weight excluding hydrogens is 363 g/mol. The second kappa shape index (κ2) is 6.85. The van der Waals surface area contributed by atoms with E-state index >= 15 is 0 Å². The first-order valence-corrected chi connectivity index (χ1v) is 9.16. The van der Waals surface area contributed by atoms with Gasteiger partial charge in [0.1, 0.15) is 0 Å². The molecule has 0 bridgehead atoms. The number of rotatable bonds is 4. The van der Waals surface area contributed by atoms with E-state index in [1.54, 1.807) is 17.4 Å². The Morgan fingerprint density at radius 2 is 2.12 bits per heavy atom. The molecule has 1 aliphatic heterocycles. The summed E-state index contributed by atoms with van der Waals surface area (Å²) in [5.41, 5.74) is -0.426. The van der Waals surface area contributed by atoms with E-state index in [2.05, 4.69) is 26.5 Å². The van der Waals surface area contributed by atoms with Crippen molar-refractivity contribution in [2.45, 2.75) is 31.6 Å². The SMILES string of the molecule is FC(F)(F)c1cccc(-c2noc(CN3CCCC3c3cccs3)n2)c1. The fraction of sp³-hybridized carbons (Fsp3) is 0.333. The van der Waals surface area contributed by atoms with E-state index in [-0.39, 0.29) is 5.82 Å². The van der Waals surface area contributed by atoms with Gasteiger partial charge in [0.05, 0.1) is 12.1 Å². The van der Waals surface area contributed by atoms with Crippen molar-refractivity contribution in [1.82, 2.24) is 15.0 Å². The third-order valence-electron chi connectivity index (χ3n) is 4.49. The molecule has 1 saturated heterocycles. The van der Waals surface area contributed by atoms with E-state index in [1.165, 1.54) is 10.9 Å². The molecule has 4 rings (SSSR count). The van der Waals surface area contributed by atoms with Gasteiger partial charge in [-0.3, -0.25) is 4.90 Å². The van der Waals surface area contributed by atoms with Crippen LogP contribution in [-0.4, -0.2) is 21.6 Å². The van der Waals surface area contributed by atoms with E-state index in [4.69, 9.17) is 4.52 Å². The monoisotopic (exact) mass is 379 g/mol. The van der Waals surface area contributed by atoms with Crippen LogP contribution < -0.4 is 0 Å². The molecule has 0 amide bonds. The largest absolute Gasteiger partial charge is 0.416 e. The molecule has 136 valence electrons. The number of halogens is 3. The fourth-order valence-corrected chi connectivity index (χ4v) is 4.16. The Morgan fingerprint density at radius 1 is 1.23 bits per heavy atom. The lowest BCUT2D eigenvalue weighted by Crippen LogP contribution is -2.22. The zero-order valence-electron chi connectivity index (χ0n) is 13.7. The first-order valence-electron chi connectivity index (χ1n) is 8.28. The number of hydrogen-bond acceptors (Lipinski definition) is 5. The summed E-state index contributed by atoms with van der Waals surface area (Å²) in [6.45, 7) is 1.43. The molecule has 4 nitrogen and oxygen atoms in total. The van der Waals surface area contributed by atoms with Gasteiger partial charge in [0.15, 0.2) is 0 Å². The van der Waals surface area contributed by atoms with Gasteiger partial charge in [0.25, 0.3) is 0 Å². The van der Waals surface area contributed by atoms with Gasteiger partial charge in [-0.05, 0) is 43.0 Å². The van der Waals surface area contributed by atoms with Crippen molar-refractivity contribution in [1.29, 1.82) is 0 Å². The highest BCUT2D eigenvalue weighted by Crippen LogP contribution is 2.35. The molecule has 3 aromatic rings. The Balaban J connectivity index is 1.52. The summed E-state index contributed by atoms with van der Waals surface area (Å²) in [6, 6.07) is 9.46. The van der Waals surface area contributed by atoms with Crippen molar-refractivity contribution in [2.24, 2.45) is 0 Å². The molecule has 1 aromatic carbocycles. The maximum absolute atomic E-state index is 12.9. The number of thiophene rings is 1. The summed E-state index contributed by atoms with van der Waals surface area (Å²) in [7, 11) is 0. The van der Waals surface area contributed by atoms with E-state index in [9.17, 15) is 13.2 Å². The van der Waals surface area contributed by atoms with Crippen LogP contribution in [-0.2, 0) is 12.7 Å². The number of nitrogens with zero attached hydrogens (tertiary/aromatic N) is 3. The van der Waals surface area contributed by atoms with Gasteiger partial charge in [0, 0.05) is 16.5 Å². The predicted molar refractivity (Wildman–Crippen MR) is 91.4 cm³/mol. The normalized spacial score (nSPS) is 18.5. The van der Waals surface area contributed by atoms with E-state index in [0.717, 1.165) is 31.5 Å². The van der Waals surface area contributed by atoms with Crippen LogP contribution in [0.4, 0.5) is 13.2 Å². The van der Waals surface area contributed by atoms with Crippen molar-refractivity contribution < 1.29 is 17.7 Å². The van der Waals surface area contributed by atoms with Crippen LogP contribution in [0, 0.1) is 0 Å². The molecule has 0 spiro atoms. The summed E-state index contributed by atoms with van der Waals surface area (Å²) < 4.78 is 43.9. The van der Waals surface area contributed by atoms with Gasteiger partial charge >= 0.3 is 6.18 Å². The first kappa shape index (κ1) is 17.2. The summed E-state index contributed by atoms with van der Waals surface area (Å²) >= 11 is 1.73. The third kappa shape index (κ3) is 3.52. The average Bonchev–Trinajstić information content (AvgIpc) is 3.36. The maximum atomic E-state index is 12.9. The topological polar surface area (TPSA) is 42.2 Å². The molecule has 2 aromatic heterocycles. The second-order valence-electron chi connectivity index (χ2n) is 6.23. The van der Waals surface area contributed by atoms with Gasteiger partial charge in [-0.2, -0.15) is 18.2 Å². The molecule has 1 fully saturated rings. The number of likely N-dealkylation sites (tertiary alicyclic amines) is 1. The average molecular weight is 379 g/mol. The lowest BCUT2D eigenvalue weighted by atomic mass is 10.1. The fourth-order valence-electron chi connectivity index (χ4n) is 3.26. The second-order valence-corrected chi connectivity index (χ2v) is 7.21. The highest BCUT2D eigenvalue weighted by Gasteiger charge is 2.31. The number of alkyl halides is 3. The maximum Gasteiger partial charge on any atom is 0.416 e. The lowest BCUT2D eigenvalue weighted by molar-refractivity contribution is -0.137. The van der Waals surface area contributed by atoms with E-state index in [0.29, 0.717) is 24.0 Å². The van der Waals surface area contributed by atoms with Gasteiger partial charge in [-0.25, -0.2) is 0 Å². The van der Waals surface area contributed by atoms with Gasteiger partial charge in [-0.15, -0.1) is 11.3 Å². The predicted octanol–water partition coefficient (Wildman–Crippen LogP) is 5.15. The van der Waals surface area contributed by atoms with E-state index < -0.39 is 11.7 Å². The minimum absolute atomic E-state index is 0.179. The van der Waals surface area contributed by atoms with Crippen LogP contribution in [0.1, 0.15) is 35.2 Å². The lowest BCUT2D eigenvalue weighted by Gasteiger charge is -2.21. The van der Waals surface area contributed by atoms with Crippen LogP contribution in [0.15, 0.2) is 46.3 Å².